The summed E-state index contributed by atoms with van der Waals surface area (Å²) in [5.74, 6) is 0.137. The Morgan fingerprint density at radius 3 is 2.32 bits per heavy atom. The third kappa shape index (κ3) is 2.99. The molecule has 0 saturated carbocycles. The lowest BCUT2D eigenvalue weighted by Gasteiger charge is -2.50. The standard InChI is InChI=1S/C14H18BrN3O/c15-12-1-3-13(4-2-12)16-14(19)11-18-8-5-17(6-9-18)7-10-18/h1-4H,5-11H2/p+1. The number of carbonyl (C=O) groups excluding carboxylic acids is 1. The molecule has 19 heavy (non-hydrogen) atoms. The van der Waals surface area contributed by atoms with Crippen LogP contribution in [0, 0.1) is 0 Å². The molecule has 1 amide bonds. The van der Waals surface area contributed by atoms with Crippen LogP contribution in [-0.2, 0) is 4.79 Å². The molecule has 0 atom stereocenters. The monoisotopic (exact) mass is 324 g/mol. The number of amides is 1. The van der Waals surface area contributed by atoms with Gasteiger partial charge in [-0.2, -0.15) is 0 Å². The largest absolute Gasteiger partial charge is 0.321 e. The van der Waals surface area contributed by atoms with E-state index in [1.165, 1.54) is 0 Å². The number of hydrogen-bond acceptors (Lipinski definition) is 2. The quantitative estimate of drug-likeness (QED) is 0.855. The molecule has 4 rings (SSSR count). The van der Waals surface area contributed by atoms with Crippen LogP contribution in [0.2, 0.25) is 0 Å². The van der Waals surface area contributed by atoms with E-state index in [4.69, 9.17) is 0 Å². The van der Waals surface area contributed by atoms with Gasteiger partial charge in [0.15, 0.2) is 6.54 Å². The smallest absolute Gasteiger partial charge is 0.279 e. The van der Waals surface area contributed by atoms with E-state index in [9.17, 15) is 4.79 Å². The van der Waals surface area contributed by atoms with Gasteiger partial charge in [0.1, 0.15) is 0 Å². The molecule has 4 nitrogen and oxygen atoms in total. The average Bonchev–Trinajstić information content (AvgIpc) is 2.43. The predicted molar refractivity (Wildman–Crippen MR) is 78.9 cm³/mol. The van der Waals surface area contributed by atoms with Crippen molar-refractivity contribution in [3.63, 3.8) is 0 Å². The summed E-state index contributed by atoms with van der Waals surface area (Å²) in [5.41, 5.74) is 0.877. The highest BCUT2D eigenvalue weighted by Gasteiger charge is 2.39. The summed E-state index contributed by atoms with van der Waals surface area (Å²) in [6.07, 6.45) is 0. The van der Waals surface area contributed by atoms with Crippen molar-refractivity contribution in [2.24, 2.45) is 0 Å². The minimum atomic E-state index is 0.137. The Labute approximate surface area is 122 Å². The molecule has 1 aromatic rings. The molecule has 2 bridgehead atoms. The van der Waals surface area contributed by atoms with Gasteiger partial charge in [-0.1, -0.05) is 15.9 Å². The number of benzene rings is 1. The van der Waals surface area contributed by atoms with Gasteiger partial charge >= 0.3 is 0 Å². The van der Waals surface area contributed by atoms with Crippen LogP contribution in [0.5, 0.6) is 0 Å². The number of piperazine rings is 3. The van der Waals surface area contributed by atoms with Gasteiger partial charge in [-0.3, -0.25) is 9.69 Å². The molecule has 3 fully saturated rings. The number of hydrogen-bond donors (Lipinski definition) is 1. The van der Waals surface area contributed by atoms with Gasteiger partial charge in [-0.05, 0) is 24.3 Å². The lowest BCUT2D eigenvalue weighted by Crippen LogP contribution is -2.68. The van der Waals surface area contributed by atoms with E-state index in [0.29, 0.717) is 6.54 Å². The summed E-state index contributed by atoms with van der Waals surface area (Å²) in [7, 11) is 0. The first-order valence-electron chi connectivity index (χ1n) is 6.78. The van der Waals surface area contributed by atoms with E-state index in [1.807, 2.05) is 24.3 Å². The molecule has 1 N–H and O–H groups in total. The number of nitrogens with one attached hydrogen (secondary N) is 1. The number of fused-ring (bicyclic) bond motifs is 3. The third-order valence-electron chi connectivity index (χ3n) is 4.28. The van der Waals surface area contributed by atoms with Crippen LogP contribution in [0.25, 0.3) is 0 Å². The molecule has 3 aliphatic heterocycles. The summed E-state index contributed by atoms with van der Waals surface area (Å²) in [6.45, 7) is 7.40. The van der Waals surface area contributed by atoms with Crippen molar-refractivity contribution in [2.45, 2.75) is 0 Å². The summed E-state index contributed by atoms with van der Waals surface area (Å²) >= 11 is 3.40. The Morgan fingerprint density at radius 1 is 1.16 bits per heavy atom. The summed E-state index contributed by atoms with van der Waals surface area (Å²) in [4.78, 5) is 14.7. The highest BCUT2D eigenvalue weighted by Crippen LogP contribution is 2.20. The van der Waals surface area contributed by atoms with Crippen molar-refractivity contribution in [2.75, 3.05) is 51.1 Å². The molecule has 3 saturated heterocycles. The van der Waals surface area contributed by atoms with Crippen LogP contribution in [-0.4, -0.2) is 61.1 Å². The van der Waals surface area contributed by atoms with E-state index in [0.717, 1.165) is 53.9 Å². The highest BCUT2D eigenvalue weighted by atomic mass is 79.9. The van der Waals surface area contributed by atoms with Crippen LogP contribution in [0.1, 0.15) is 0 Å². The Hall–Kier alpha value is -0.910. The Bertz CT molecular complexity index is 452. The minimum Gasteiger partial charge on any atom is -0.321 e. The van der Waals surface area contributed by atoms with Crippen LogP contribution in [0.3, 0.4) is 0 Å². The van der Waals surface area contributed by atoms with Crippen molar-refractivity contribution in [3.8, 4) is 0 Å². The molecule has 0 aromatic heterocycles. The van der Waals surface area contributed by atoms with Gasteiger partial charge < -0.3 is 9.80 Å². The van der Waals surface area contributed by atoms with Crippen molar-refractivity contribution >= 4 is 27.5 Å². The second kappa shape index (κ2) is 5.23. The zero-order valence-electron chi connectivity index (χ0n) is 10.9. The number of carbonyl (C=O) groups is 1. The number of rotatable bonds is 3. The fraction of sp³-hybridized carbons (Fsp3) is 0.500. The molecule has 0 aliphatic carbocycles. The lowest BCUT2D eigenvalue weighted by atomic mass is 10.1. The molecule has 5 heteroatoms. The fourth-order valence-electron chi connectivity index (χ4n) is 3.01. The molecule has 0 unspecified atom stereocenters. The fourth-order valence-corrected chi connectivity index (χ4v) is 3.27. The topological polar surface area (TPSA) is 32.3 Å². The van der Waals surface area contributed by atoms with E-state index < -0.39 is 0 Å². The van der Waals surface area contributed by atoms with Gasteiger partial charge in [0.05, 0.1) is 19.6 Å². The van der Waals surface area contributed by atoms with E-state index in [-0.39, 0.29) is 5.91 Å². The second-order valence-electron chi connectivity index (χ2n) is 5.57. The van der Waals surface area contributed by atoms with Gasteiger partial charge in [-0.25, -0.2) is 0 Å². The molecular weight excluding hydrogens is 306 g/mol. The Kier molecular flexibility index (Phi) is 3.60. The molecule has 3 aliphatic rings. The minimum absolute atomic E-state index is 0.137. The van der Waals surface area contributed by atoms with E-state index in [2.05, 4.69) is 26.1 Å². The maximum Gasteiger partial charge on any atom is 0.279 e. The van der Waals surface area contributed by atoms with Crippen LogP contribution >= 0.6 is 15.9 Å². The SMILES string of the molecule is O=C(C[N+]12CCN(CC1)CC2)Nc1ccc(Br)cc1. The van der Waals surface area contributed by atoms with Gasteiger partial charge in [0.25, 0.3) is 5.91 Å². The van der Waals surface area contributed by atoms with E-state index in [1.54, 1.807) is 0 Å². The zero-order valence-corrected chi connectivity index (χ0v) is 12.5. The summed E-state index contributed by atoms with van der Waals surface area (Å²) in [6, 6.07) is 7.75. The Balaban J connectivity index is 1.60. The van der Waals surface area contributed by atoms with Crippen molar-refractivity contribution < 1.29 is 9.28 Å². The van der Waals surface area contributed by atoms with Gasteiger partial charge in [0.2, 0.25) is 0 Å². The Morgan fingerprint density at radius 2 is 1.74 bits per heavy atom. The van der Waals surface area contributed by atoms with Crippen LogP contribution < -0.4 is 5.32 Å². The second-order valence-corrected chi connectivity index (χ2v) is 6.48. The van der Waals surface area contributed by atoms with Crippen molar-refractivity contribution in [1.29, 1.82) is 0 Å². The van der Waals surface area contributed by atoms with Crippen LogP contribution in [0.15, 0.2) is 28.7 Å². The number of nitrogens with zero attached hydrogens (tertiary/aromatic N) is 2. The highest BCUT2D eigenvalue weighted by molar-refractivity contribution is 9.10. The molecule has 0 radical (unpaired) electrons. The van der Waals surface area contributed by atoms with E-state index >= 15 is 0 Å². The first-order chi connectivity index (χ1) is 9.15. The third-order valence-corrected chi connectivity index (χ3v) is 4.81. The van der Waals surface area contributed by atoms with Crippen LogP contribution in [0.4, 0.5) is 5.69 Å². The lowest BCUT2D eigenvalue weighted by molar-refractivity contribution is -0.933. The first-order valence-corrected chi connectivity index (χ1v) is 7.57. The molecular formula is C14H19BrN3O+. The molecule has 1 aromatic carbocycles. The molecule has 0 spiro atoms. The number of quaternary nitrogens is 1. The van der Waals surface area contributed by atoms with Crippen molar-refractivity contribution in [1.82, 2.24) is 4.90 Å². The molecule has 102 valence electrons. The zero-order chi connectivity index (χ0) is 13.3. The number of anilines is 1. The van der Waals surface area contributed by atoms with Gasteiger partial charge in [-0.15, -0.1) is 0 Å². The maximum atomic E-state index is 12.2. The molecule has 3 heterocycles. The summed E-state index contributed by atoms with van der Waals surface area (Å²) < 4.78 is 2.00. The predicted octanol–water partition coefficient (Wildman–Crippen LogP) is 1.53. The summed E-state index contributed by atoms with van der Waals surface area (Å²) in [5, 5.41) is 3.00. The van der Waals surface area contributed by atoms with Crippen molar-refractivity contribution in [3.05, 3.63) is 28.7 Å². The van der Waals surface area contributed by atoms with Gasteiger partial charge in [0, 0.05) is 29.8 Å². The number of halogens is 1. The first kappa shape index (κ1) is 13.1. The maximum absolute atomic E-state index is 12.2. The normalized spacial score (nSPS) is 29.2. The average molecular weight is 325 g/mol.